The summed E-state index contributed by atoms with van der Waals surface area (Å²) >= 11 is 0. The summed E-state index contributed by atoms with van der Waals surface area (Å²) in [6.07, 6.45) is 1.85. The Hall–Kier alpha value is -0.320. The van der Waals surface area contributed by atoms with Crippen LogP contribution in [0.2, 0.25) is 0 Å². The van der Waals surface area contributed by atoms with Crippen molar-refractivity contribution < 1.29 is 9.53 Å². The van der Waals surface area contributed by atoms with Crippen LogP contribution in [0.3, 0.4) is 0 Å². The SMILES string of the molecule is CCCN(C)C(=O)CCOC1CNC1.Cl. The molecule has 0 aromatic rings. The zero-order chi connectivity index (χ0) is 10.4. The first-order chi connectivity index (χ1) is 6.74. The summed E-state index contributed by atoms with van der Waals surface area (Å²) in [4.78, 5) is 13.2. The molecule has 0 bridgehead atoms. The topological polar surface area (TPSA) is 41.6 Å². The Morgan fingerprint density at radius 2 is 2.20 bits per heavy atom. The van der Waals surface area contributed by atoms with Gasteiger partial charge in [0.2, 0.25) is 5.91 Å². The fourth-order valence-corrected chi connectivity index (χ4v) is 1.34. The fraction of sp³-hybridized carbons (Fsp3) is 0.900. The van der Waals surface area contributed by atoms with Gasteiger partial charge >= 0.3 is 0 Å². The number of carbonyl (C=O) groups excluding carboxylic acids is 1. The molecular formula is C10H21ClN2O2. The monoisotopic (exact) mass is 236 g/mol. The molecule has 1 aliphatic rings. The number of nitrogens with one attached hydrogen (secondary N) is 1. The number of carbonyl (C=O) groups is 1. The molecule has 1 amide bonds. The molecule has 1 fully saturated rings. The second-order valence-corrected chi connectivity index (χ2v) is 3.72. The van der Waals surface area contributed by atoms with Gasteiger partial charge in [-0.1, -0.05) is 6.92 Å². The number of ether oxygens (including phenoxy) is 1. The van der Waals surface area contributed by atoms with Crippen LogP contribution in [0.1, 0.15) is 19.8 Å². The Morgan fingerprint density at radius 1 is 1.53 bits per heavy atom. The van der Waals surface area contributed by atoms with Crippen LogP contribution in [0.5, 0.6) is 0 Å². The molecule has 0 aromatic heterocycles. The van der Waals surface area contributed by atoms with Crippen molar-refractivity contribution in [1.82, 2.24) is 10.2 Å². The molecule has 1 saturated heterocycles. The normalized spacial score (nSPS) is 15.3. The van der Waals surface area contributed by atoms with Crippen LogP contribution in [0.4, 0.5) is 0 Å². The maximum Gasteiger partial charge on any atom is 0.224 e. The number of halogens is 1. The zero-order valence-corrected chi connectivity index (χ0v) is 10.3. The predicted octanol–water partition coefficient (Wildman–Crippen LogP) is 0.655. The molecule has 15 heavy (non-hydrogen) atoms. The van der Waals surface area contributed by atoms with Gasteiger partial charge in [0.25, 0.3) is 0 Å². The van der Waals surface area contributed by atoms with Crippen LogP contribution in [0.15, 0.2) is 0 Å². The third-order valence-electron chi connectivity index (χ3n) is 2.40. The summed E-state index contributed by atoms with van der Waals surface area (Å²) in [5, 5.41) is 3.12. The first-order valence-corrected chi connectivity index (χ1v) is 5.30. The van der Waals surface area contributed by atoms with E-state index in [1.807, 2.05) is 7.05 Å². The van der Waals surface area contributed by atoms with E-state index in [1.54, 1.807) is 4.90 Å². The Balaban J connectivity index is 0.00000196. The van der Waals surface area contributed by atoms with E-state index >= 15 is 0 Å². The number of hydrogen-bond acceptors (Lipinski definition) is 3. The summed E-state index contributed by atoms with van der Waals surface area (Å²) in [6.45, 7) is 5.32. The molecule has 0 unspecified atom stereocenters. The van der Waals surface area contributed by atoms with E-state index in [9.17, 15) is 4.79 Å². The predicted molar refractivity (Wildman–Crippen MR) is 62.4 cm³/mol. The molecule has 1 heterocycles. The van der Waals surface area contributed by atoms with E-state index in [2.05, 4.69) is 12.2 Å². The highest BCUT2D eigenvalue weighted by molar-refractivity contribution is 5.85. The van der Waals surface area contributed by atoms with Crippen molar-refractivity contribution in [3.05, 3.63) is 0 Å². The average Bonchev–Trinajstić information content (AvgIpc) is 2.09. The highest BCUT2D eigenvalue weighted by atomic mass is 35.5. The minimum absolute atomic E-state index is 0. The van der Waals surface area contributed by atoms with E-state index in [-0.39, 0.29) is 18.3 Å². The van der Waals surface area contributed by atoms with Gasteiger partial charge in [-0.25, -0.2) is 0 Å². The Kier molecular flexibility index (Phi) is 7.74. The highest BCUT2D eigenvalue weighted by Gasteiger charge is 2.17. The first kappa shape index (κ1) is 14.7. The van der Waals surface area contributed by atoms with Gasteiger partial charge < -0.3 is 15.0 Å². The lowest BCUT2D eigenvalue weighted by molar-refractivity contribution is -0.131. The van der Waals surface area contributed by atoms with Gasteiger partial charge in [-0.05, 0) is 6.42 Å². The quantitative estimate of drug-likeness (QED) is 0.737. The zero-order valence-electron chi connectivity index (χ0n) is 9.49. The van der Waals surface area contributed by atoms with Gasteiger partial charge in [-0.15, -0.1) is 12.4 Å². The highest BCUT2D eigenvalue weighted by Crippen LogP contribution is 2.00. The Morgan fingerprint density at radius 3 is 2.67 bits per heavy atom. The maximum absolute atomic E-state index is 11.5. The lowest BCUT2D eigenvalue weighted by Gasteiger charge is -2.27. The molecule has 0 saturated carbocycles. The van der Waals surface area contributed by atoms with Crippen molar-refractivity contribution in [3.8, 4) is 0 Å². The van der Waals surface area contributed by atoms with E-state index in [0.717, 1.165) is 26.1 Å². The second-order valence-electron chi connectivity index (χ2n) is 3.72. The van der Waals surface area contributed by atoms with Crippen molar-refractivity contribution >= 4 is 18.3 Å². The molecule has 1 N–H and O–H groups in total. The van der Waals surface area contributed by atoms with E-state index in [0.29, 0.717) is 19.1 Å². The third-order valence-corrected chi connectivity index (χ3v) is 2.40. The van der Waals surface area contributed by atoms with Gasteiger partial charge in [0, 0.05) is 26.7 Å². The third kappa shape index (κ3) is 5.35. The lowest BCUT2D eigenvalue weighted by Crippen LogP contribution is -2.48. The molecule has 4 nitrogen and oxygen atoms in total. The molecule has 90 valence electrons. The van der Waals surface area contributed by atoms with Crippen LogP contribution < -0.4 is 5.32 Å². The molecular weight excluding hydrogens is 216 g/mol. The van der Waals surface area contributed by atoms with Crippen LogP contribution in [0.25, 0.3) is 0 Å². The summed E-state index contributed by atoms with van der Waals surface area (Å²) in [5.74, 6) is 0.180. The smallest absolute Gasteiger partial charge is 0.224 e. The Labute approximate surface area is 97.8 Å². The number of rotatable bonds is 6. The fourth-order valence-electron chi connectivity index (χ4n) is 1.34. The van der Waals surface area contributed by atoms with Gasteiger partial charge in [0.05, 0.1) is 19.1 Å². The van der Waals surface area contributed by atoms with E-state index in [4.69, 9.17) is 4.74 Å². The van der Waals surface area contributed by atoms with Gasteiger partial charge in [0.15, 0.2) is 0 Å². The van der Waals surface area contributed by atoms with Crippen LogP contribution in [0, 0.1) is 0 Å². The lowest BCUT2D eigenvalue weighted by atomic mass is 10.2. The van der Waals surface area contributed by atoms with Crippen molar-refractivity contribution in [2.75, 3.05) is 33.3 Å². The van der Waals surface area contributed by atoms with Crippen LogP contribution in [-0.2, 0) is 9.53 Å². The number of hydrogen-bond donors (Lipinski definition) is 1. The maximum atomic E-state index is 11.5. The molecule has 0 aliphatic carbocycles. The van der Waals surface area contributed by atoms with Crippen molar-refractivity contribution in [3.63, 3.8) is 0 Å². The van der Waals surface area contributed by atoms with E-state index < -0.39 is 0 Å². The summed E-state index contributed by atoms with van der Waals surface area (Å²) in [7, 11) is 1.84. The molecule has 0 aromatic carbocycles. The van der Waals surface area contributed by atoms with E-state index in [1.165, 1.54) is 0 Å². The standard InChI is InChI=1S/C10H20N2O2.ClH/c1-3-5-12(2)10(13)4-6-14-9-7-11-8-9;/h9,11H,3-8H2,1-2H3;1H. The summed E-state index contributed by atoms with van der Waals surface area (Å²) in [5.41, 5.74) is 0. The summed E-state index contributed by atoms with van der Waals surface area (Å²) in [6, 6.07) is 0. The van der Waals surface area contributed by atoms with Gasteiger partial charge in [-0.2, -0.15) is 0 Å². The van der Waals surface area contributed by atoms with Gasteiger partial charge in [-0.3, -0.25) is 4.79 Å². The van der Waals surface area contributed by atoms with Crippen molar-refractivity contribution in [2.24, 2.45) is 0 Å². The minimum Gasteiger partial charge on any atom is -0.375 e. The molecule has 5 heteroatoms. The first-order valence-electron chi connectivity index (χ1n) is 5.30. The molecule has 0 atom stereocenters. The molecule has 1 aliphatic heterocycles. The van der Waals surface area contributed by atoms with Crippen molar-refractivity contribution in [2.45, 2.75) is 25.9 Å². The summed E-state index contributed by atoms with van der Waals surface area (Å²) < 4.78 is 5.47. The second kappa shape index (κ2) is 7.91. The Bertz CT molecular complexity index is 186. The van der Waals surface area contributed by atoms with Gasteiger partial charge in [0.1, 0.15) is 0 Å². The minimum atomic E-state index is 0. The number of nitrogens with zero attached hydrogens (tertiary/aromatic N) is 1. The molecule has 0 radical (unpaired) electrons. The number of amides is 1. The average molecular weight is 237 g/mol. The van der Waals surface area contributed by atoms with Crippen LogP contribution in [-0.4, -0.2) is 50.2 Å². The molecule has 1 rings (SSSR count). The molecule has 0 spiro atoms. The van der Waals surface area contributed by atoms with Crippen molar-refractivity contribution in [1.29, 1.82) is 0 Å². The van der Waals surface area contributed by atoms with Crippen LogP contribution >= 0.6 is 12.4 Å². The largest absolute Gasteiger partial charge is 0.375 e.